The molecule has 2 saturated heterocycles. The van der Waals surface area contributed by atoms with Gasteiger partial charge >= 0.3 is 0 Å². The van der Waals surface area contributed by atoms with Crippen molar-refractivity contribution in [3.8, 4) is 5.75 Å². The number of ketones is 1. The van der Waals surface area contributed by atoms with Crippen LogP contribution in [0.15, 0.2) is 60.7 Å². The Bertz CT molecular complexity index is 1560. The second-order valence-corrected chi connectivity index (χ2v) is 11.0. The van der Waals surface area contributed by atoms with Crippen molar-refractivity contribution in [3.05, 3.63) is 88.5 Å². The van der Waals surface area contributed by atoms with Crippen LogP contribution in [0.25, 0.3) is 0 Å². The summed E-state index contributed by atoms with van der Waals surface area (Å²) in [6, 6.07) is 18.4. The Morgan fingerprint density at radius 2 is 1.79 bits per heavy atom. The second-order valence-electron chi connectivity index (χ2n) is 11.0. The quantitative estimate of drug-likeness (QED) is 0.516. The predicted molar refractivity (Wildman–Crippen MR) is 144 cm³/mol. The lowest BCUT2D eigenvalue weighted by Gasteiger charge is -2.43. The van der Waals surface area contributed by atoms with Crippen LogP contribution in [-0.4, -0.2) is 42.2 Å². The zero-order valence-electron chi connectivity index (χ0n) is 21.6. The van der Waals surface area contributed by atoms with Gasteiger partial charge in [0.15, 0.2) is 5.78 Å². The lowest BCUT2D eigenvalue weighted by atomic mass is 9.57. The highest BCUT2D eigenvalue weighted by Crippen LogP contribution is 2.68. The molecule has 0 aromatic heterocycles. The summed E-state index contributed by atoms with van der Waals surface area (Å²) in [5.41, 5.74) is 2.56. The van der Waals surface area contributed by atoms with Crippen molar-refractivity contribution in [1.82, 2.24) is 4.90 Å². The number of fused-ring (bicyclic) bond motifs is 7. The van der Waals surface area contributed by atoms with E-state index in [0.717, 1.165) is 35.2 Å². The molecule has 0 bridgehead atoms. The lowest BCUT2D eigenvalue weighted by Crippen LogP contribution is -2.62. The Morgan fingerprint density at radius 3 is 2.61 bits per heavy atom. The van der Waals surface area contributed by atoms with Crippen molar-refractivity contribution in [1.29, 1.82) is 0 Å². The Balaban J connectivity index is 1.59. The summed E-state index contributed by atoms with van der Waals surface area (Å²) < 4.78 is 5.43. The van der Waals surface area contributed by atoms with Crippen molar-refractivity contribution in [2.75, 3.05) is 24.3 Å². The van der Waals surface area contributed by atoms with Crippen LogP contribution in [0.2, 0.25) is 0 Å². The number of hydrogen-bond acceptors (Lipinski definition) is 5. The van der Waals surface area contributed by atoms with Crippen LogP contribution in [0.3, 0.4) is 0 Å². The fourth-order valence-corrected chi connectivity index (χ4v) is 7.99. The summed E-state index contributed by atoms with van der Waals surface area (Å²) >= 11 is 0. The van der Waals surface area contributed by atoms with Crippen molar-refractivity contribution < 1.29 is 19.1 Å². The van der Waals surface area contributed by atoms with E-state index >= 15 is 0 Å². The smallest absolute Gasteiger partial charge is 0.251 e. The van der Waals surface area contributed by atoms with Gasteiger partial charge in [0.25, 0.3) is 5.91 Å². The zero-order chi connectivity index (χ0) is 26.4. The maximum Gasteiger partial charge on any atom is 0.251 e. The molecule has 4 atom stereocenters. The van der Waals surface area contributed by atoms with E-state index < -0.39 is 16.9 Å². The maximum atomic E-state index is 14.7. The molecule has 2 N–H and O–H groups in total. The van der Waals surface area contributed by atoms with Gasteiger partial charge in [0, 0.05) is 28.5 Å². The van der Waals surface area contributed by atoms with Crippen LogP contribution in [0.4, 0.5) is 11.4 Å². The highest BCUT2D eigenvalue weighted by molar-refractivity contribution is 6.21. The number of rotatable bonds is 3. The number of carbonyl (C=O) groups is 3. The van der Waals surface area contributed by atoms with E-state index in [-0.39, 0.29) is 23.6 Å². The fourth-order valence-electron chi connectivity index (χ4n) is 7.99. The number of anilines is 2. The Morgan fingerprint density at radius 1 is 0.974 bits per heavy atom. The molecule has 38 heavy (non-hydrogen) atoms. The fraction of sp³-hybridized carbons (Fsp3) is 0.323. The maximum absolute atomic E-state index is 14.7. The molecular formula is C31H29N3O4. The van der Waals surface area contributed by atoms with Crippen LogP contribution in [0, 0.1) is 19.8 Å². The first-order chi connectivity index (χ1) is 18.3. The number of para-hydroxylation sites is 1. The van der Waals surface area contributed by atoms with Gasteiger partial charge in [-0.1, -0.05) is 48.0 Å². The molecule has 3 aromatic carbocycles. The number of ether oxygens (including phenoxy) is 1. The number of benzene rings is 3. The van der Waals surface area contributed by atoms with Crippen LogP contribution >= 0.6 is 0 Å². The zero-order valence-corrected chi connectivity index (χ0v) is 21.6. The third-order valence-corrected chi connectivity index (χ3v) is 9.18. The first kappa shape index (κ1) is 23.2. The molecule has 7 rings (SSSR count). The first-order valence-electron chi connectivity index (χ1n) is 13.1. The highest BCUT2D eigenvalue weighted by Gasteiger charge is 2.81. The molecule has 4 aliphatic heterocycles. The van der Waals surface area contributed by atoms with Crippen molar-refractivity contribution >= 4 is 29.0 Å². The molecule has 0 saturated carbocycles. The van der Waals surface area contributed by atoms with Crippen molar-refractivity contribution in [3.63, 3.8) is 0 Å². The summed E-state index contributed by atoms with van der Waals surface area (Å²) in [5, 5.41) is 6.25. The summed E-state index contributed by atoms with van der Waals surface area (Å²) in [6.07, 6.45) is 1.58. The number of amides is 2. The van der Waals surface area contributed by atoms with Crippen molar-refractivity contribution in [2.24, 2.45) is 5.92 Å². The summed E-state index contributed by atoms with van der Waals surface area (Å²) in [7, 11) is 1.57. The molecule has 2 amide bonds. The van der Waals surface area contributed by atoms with E-state index in [0.29, 0.717) is 29.1 Å². The van der Waals surface area contributed by atoms with Crippen LogP contribution in [-0.2, 0) is 20.5 Å². The monoisotopic (exact) mass is 507 g/mol. The van der Waals surface area contributed by atoms with Crippen LogP contribution in [0.1, 0.15) is 45.5 Å². The van der Waals surface area contributed by atoms with E-state index in [1.54, 1.807) is 31.4 Å². The average Bonchev–Trinajstić information content (AvgIpc) is 3.63. The Kier molecular flexibility index (Phi) is 4.74. The molecule has 2 spiro atoms. The molecule has 3 aromatic rings. The topological polar surface area (TPSA) is 87.7 Å². The number of nitrogens with zero attached hydrogens (tertiary/aromatic N) is 1. The molecule has 4 heterocycles. The van der Waals surface area contributed by atoms with Gasteiger partial charge in [-0.3, -0.25) is 19.3 Å². The number of hydrogen-bond donors (Lipinski definition) is 2. The Hall–Kier alpha value is -3.97. The average molecular weight is 508 g/mol. The van der Waals surface area contributed by atoms with Gasteiger partial charge in [-0.15, -0.1) is 0 Å². The summed E-state index contributed by atoms with van der Waals surface area (Å²) in [4.78, 5) is 45.9. The third kappa shape index (κ3) is 2.55. The van der Waals surface area contributed by atoms with Gasteiger partial charge in [-0.05, 0) is 62.6 Å². The highest BCUT2D eigenvalue weighted by atomic mass is 16.5. The number of methoxy groups -OCH3 is 1. The minimum Gasteiger partial charge on any atom is -0.497 e. The van der Waals surface area contributed by atoms with E-state index in [1.165, 1.54) is 0 Å². The molecule has 0 aliphatic carbocycles. The molecule has 7 heteroatoms. The predicted octanol–water partition coefficient (Wildman–Crippen LogP) is 4.33. The van der Waals surface area contributed by atoms with Gasteiger partial charge in [0.05, 0.1) is 13.0 Å². The first-order valence-corrected chi connectivity index (χ1v) is 13.1. The van der Waals surface area contributed by atoms with Gasteiger partial charge < -0.3 is 15.4 Å². The van der Waals surface area contributed by atoms with Gasteiger partial charge in [0.2, 0.25) is 5.91 Å². The largest absolute Gasteiger partial charge is 0.497 e. The molecule has 0 radical (unpaired) electrons. The molecule has 192 valence electrons. The Labute approximate surface area is 221 Å². The molecule has 4 unspecified atom stereocenters. The summed E-state index contributed by atoms with van der Waals surface area (Å²) in [6.45, 7) is 4.62. The van der Waals surface area contributed by atoms with Gasteiger partial charge in [-0.25, -0.2) is 0 Å². The summed E-state index contributed by atoms with van der Waals surface area (Å²) in [5.74, 6) is -0.863. The van der Waals surface area contributed by atoms with E-state index in [1.807, 2.05) is 50.2 Å². The van der Waals surface area contributed by atoms with E-state index in [4.69, 9.17) is 4.74 Å². The van der Waals surface area contributed by atoms with E-state index in [2.05, 4.69) is 15.5 Å². The number of aryl methyl sites for hydroxylation is 2. The van der Waals surface area contributed by atoms with E-state index in [9.17, 15) is 14.4 Å². The normalized spacial score (nSPS) is 28.8. The minimum atomic E-state index is -1.44. The number of Topliss-reactive ketones (excluding diaryl/α,β-unsaturated/α-hetero) is 1. The standard InChI is InChI=1S/C31H29N3O4/c1-17-14-18(2)26-22(15-17)31(29(37)33-26)30(21-10-4-5-11-23(21)32-28(30)36)25(24-12-7-13-34(24)31)27(35)19-8-6-9-20(16-19)38-3/h4-6,8-11,14-16,24-25H,7,12-13H2,1-3H3,(H,32,36)(H,33,37). The second kappa shape index (κ2) is 7.77. The van der Waals surface area contributed by atoms with Crippen molar-refractivity contribution in [2.45, 2.75) is 43.7 Å². The number of carbonyl (C=O) groups excluding carboxylic acids is 3. The molecular weight excluding hydrogens is 478 g/mol. The third-order valence-electron chi connectivity index (χ3n) is 9.18. The molecule has 7 nitrogen and oxygen atoms in total. The SMILES string of the molecule is COc1cccc(C(=O)C2C3CCCN3C3(C(=O)Nc4c(C)cc(C)cc43)C23C(=O)Nc2ccccc23)c1. The van der Waals surface area contributed by atoms with Crippen LogP contribution in [0.5, 0.6) is 5.75 Å². The van der Waals surface area contributed by atoms with Gasteiger partial charge in [-0.2, -0.15) is 0 Å². The molecule has 2 fully saturated rings. The lowest BCUT2D eigenvalue weighted by molar-refractivity contribution is -0.137. The van der Waals surface area contributed by atoms with Crippen LogP contribution < -0.4 is 15.4 Å². The van der Waals surface area contributed by atoms with Gasteiger partial charge in [0.1, 0.15) is 16.7 Å². The minimum absolute atomic E-state index is 0.143. The number of nitrogens with one attached hydrogen (secondary N) is 2. The molecule has 4 aliphatic rings.